The molecule has 0 aliphatic rings. The van der Waals surface area contributed by atoms with Crippen LogP contribution < -0.4 is 0 Å². The third kappa shape index (κ3) is 4.22. The van der Waals surface area contributed by atoms with E-state index in [1.54, 1.807) is 6.26 Å². The Morgan fingerprint density at radius 1 is 1.19 bits per heavy atom. The number of hydrogen-bond acceptors (Lipinski definition) is 2. The number of rotatable bonds is 7. The molecule has 1 aromatic heterocycles. The Labute approximate surface area is 126 Å². The largest absolute Gasteiger partial charge is 0.467 e. The Morgan fingerprint density at radius 3 is 2.57 bits per heavy atom. The molecule has 3 heteroatoms. The summed E-state index contributed by atoms with van der Waals surface area (Å²) in [5, 5.41) is 0. The van der Waals surface area contributed by atoms with Gasteiger partial charge < -0.3 is 9.32 Å². The Bertz CT molecular complexity index is 534. The molecule has 1 aromatic carbocycles. The van der Waals surface area contributed by atoms with Gasteiger partial charge in [0, 0.05) is 6.54 Å². The molecular weight excluding hydrogens is 262 g/mol. The fourth-order valence-corrected chi connectivity index (χ4v) is 2.36. The minimum Gasteiger partial charge on any atom is -0.467 e. The molecule has 2 aromatic rings. The van der Waals surface area contributed by atoms with E-state index in [0.717, 1.165) is 30.7 Å². The van der Waals surface area contributed by atoms with Crippen LogP contribution in [0.1, 0.15) is 43.9 Å². The third-order valence-electron chi connectivity index (χ3n) is 3.69. The molecule has 1 unspecified atom stereocenters. The van der Waals surface area contributed by atoms with E-state index >= 15 is 0 Å². The van der Waals surface area contributed by atoms with Crippen molar-refractivity contribution in [3.8, 4) is 0 Å². The van der Waals surface area contributed by atoms with Crippen LogP contribution >= 0.6 is 0 Å². The first-order valence-corrected chi connectivity index (χ1v) is 7.58. The first-order valence-electron chi connectivity index (χ1n) is 7.58. The number of nitrogens with zero attached hydrogens (tertiary/aromatic N) is 1. The SMILES string of the molecule is CCCCN(Cc1ccco1)C(=O)C(C)c1ccccc1. The molecule has 2 rings (SSSR count). The van der Waals surface area contributed by atoms with Gasteiger partial charge in [-0.25, -0.2) is 0 Å². The van der Waals surface area contributed by atoms with Gasteiger partial charge in [-0.3, -0.25) is 4.79 Å². The lowest BCUT2D eigenvalue weighted by molar-refractivity contribution is -0.133. The van der Waals surface area contributed by atoms with Gasteiger partial charge in [-0.2, -0.15) is 0 Å². The molecule has 112 valence electrons. The topological polar surface area (TPSA) is 33.5 Å². The average Bonchev–Trinajstić information content (AvgIpc) is 3.04. The van der Waals surface area contributed by atoms with Crippen LogP contribution in [0.15, 0.2) is 53.1 Å². The number of unbranched alkanes of at least 4 members (excludes halogenated alkanes) is 1. The van der Waals surface area contributed by atoms with Crippen LogP contribution in [0, 0.1) is 0 Å². The molecule has 1 amide bonds. The Morgan fingerprint density at radius 2 is 1.95 bits per heavy atom. The summed E-state index contributed by atoms with van der Waals surface area (Å²) in [6, 6.07) is 13.7. The van der Waals surface area contributed by atoms with Gasteiger partial charge in [-0.1, -0.05) is 43.7 Å². The highest BCUT2D eigenvalue weighted by molar-refractivity contribution is 5.83. The molecule has 21 heavy (non-hydrogen) atoms. The second-order valence-corrected chi connectivity index (χ2v) is 5.33. The smallest absolute Gasteiger partial charge is 0.230 e. The summed E-state index contributed by atoms with van der Waals surface area (Å²) < 4.78 is 5.39. The van der Waals surface area contributed by atoms with Crippen LogP contribution in [0.2, 0.25) is 0 Å². The highest BCUT2D eigenvalue weighted by atomic mass is 16.3. The molecule has 0 radical (unpaired) electrons. The Kier molecular flexibility index (Phi) is 5.61. The van der Waals surface area contributed by atoms with Crippen molar-refractivity contribution in [2.75, 3.05) is 6.54 Å². The maximum Gasteiger partial charge on any atom is 0.230 e. The number of carbonyl (C=O) groups excluding carboxylic acids is 1. The molecule has 0 bridgehead atoms. The van der Waals surface area contributed by atoms with Gasteiger partial charge in [-0.05, 0) is 31.0 Å². The van der Waals surface area contributed by atoms with Crippen molar-refractivity contribution in [2.45, 2.75) is 39.2 Å². The summed E-state index contributed by atoms with van der Waals surface area (Å²) in [6.07, 6.45) is 3.73. The van der Waals surface area contributed by atoms with Gasteiger partial charge in [0.1, 0.15) is 5.76 Å². The predicted octanol–water partition coefficient (Wildman–Crippen LogP) is 4.21. The maximum atomic E-state index is 12.8. The molecule has 1 atom stereocenters. The summed E-state index contributed by atoms with van der Waals surface area (Å²) >= 11 is 0. The highest BCUT2D eigenvalue weighted by Gasteiger charge is 2.22. The van der Waals surface area contributed by atoms with E-state index in [2.05, 4.69) is 6.92 Å². The molecule has 0 aliphatic heterocycles. The number of benzene rings is 1. The van der Waals surface area contributed by atoms with Crippen molar-refractivity contribution in [1.29, 1.82) is 0 Å². The summed E-state index contributed by atoms with van der Waals surface area (Å²) in [5.74, 6) is 0.865. The van der Waals surface area contributed by atoms with Gasteiger partial charge >= 0.3 is 0 Å². The number of furan rings is 1. The second-order valence-electron chi connectivity index (χ2n) is 5.33. The fraction of sp³-hybridized carbons (Fsp3) is 0.389. The van der Waals surface area contributed by atoms with Crippen molar-refractivity contribution in [3.63, 3.8) is 0 Å². The molecule has 0 saturated heterocycles. The minimum atomic E-state index is -0.127. The van der Waals surface area contributed by atoms with Crippen molar-refractivity contribution in [1.82, 2.24) is 4.90 Å². The molecule has 0 N–H and O–H groups in total. The zero-order valence-electron chi connectivity index (χ0n) is 12.8. The molecule has 1 heterocycles. The van der Waals surface area contributed by atoms with Crippen LogP contribution in [0.5, 0.6) is 0 Å². The first-order chi connectivity index (χ1) is 10.2. The number of hydrogen-bond donors (Lipinski definition) is 0. The van der Waals surface area contributed by atoms with Crippen molar-refractivity contribution < 1.29 is 9.21 Å². The fourth-order valence-electron chi connectivity index (χ4n) is 2.36. The van der Waals surface area contributed by atoms with E-state index in [1.807, 2.05) is 54.3 Å². The van der Waals surface area contributed by atoms with Crippen LogP contribution in [0.3, 0.4) is 0 Å². The van der Waals surface area contributed by atoms with Gasteiger partial charge in [-0.15, -0.1) is 0 Å². The first kappa shape index (κ1) is 15.4. The van der Waals surface area contributed by atoms with Gasteiger partial charge in [0.2, 0.25) is 5.91 Å². The maximum absolute atomic E-state index is 12.8. The second kappa shape index (κ2) is 7.67. The van der Waals surface area contributed by atoms with Gasteiger partial charge in [0.05, 0.1) is 18.7 Å². The molecular formula is C18H23NO2. The monoisotopic (exact) mass is 285 g/mol. The van der Waals surface area contributed by atoms with E-state index < -0.39 is 0 Å². The molecule has 0 fully saturated rings. The average molecular weight is 285 g/mol. The predicted molar refractivity (Wildman–Crippen MR) is 83.9 cm³/mol. The lowest BCUT2D eigenvalue weighted by Crippen LogP contribution is -2.34. The molecule has 0 aliphatic carbocycles. The molecule has 0 saturated carbocycles. The van der Waals surface area contributed by atoms with Gasteiger partial charge in [0.25, 0.3) is 0 Å². The quantitative estimate of drug-likeness (QED) is 0.763. The minimum absolute atomic E-state index is 0.127. The van der Waals surface area contributed by atoms with Crippen molar-refractivity contribution in [3.05, 3.63) is 60.1 Å². The summed E-state index contributed by atoms with van der Waals surface area (Å²) in [4.78, 5) is 14.7. The third-order valence-corrected chi connectivity index (χ3v) is 3.69. The van der Waals surface area contributed by atoms with Crippen LogP contribution in [-0.2, 0) is 11.3 Å². The highest BCUT2D eigenvalue weighted by Crippen LogP contribution is 2.19. The van der Waals surface area contributed by atoms with Crippen LogP contribution in [-0.4, -0.2) is 17.4 Å². The molecule has 3 nitrogen and oxygen atoms in total. The van der Waals surface area contributed by atoms with E-state index in [0.29, 0.717) is 6.54 Å². The van der Waals surface area contributed by atoms with Crippen LogP contribution in [0.4, 0.5) is 0 Å². The Hall–Kier alpha value is -2.03. The van der Waals surface area contributed by atoms with Crippen LogP contribution in [0.25, 0.3) is 0 Å². The van der Waals surface area contributed by atoms with E-state index in [-0.39, 0.29) is 11.8 Å². The van der Waals surface area contributed by atoms with Crippen molar-refractivity contribution >= 4 is 5.91 Å². The number of carbonyl (C=O) groups is 1. The zero-order valence-corrected chi connectivity index (χ0v) is 12.8. The van der Waals surface area contributed by atoms with E-state index in [1.165, 1.54) is 0 Å². The summed E-state index contributed by atoms with van der Waals surface area (Å²) in [7, 11) is 0. The van der Waals surface area contributed by atoms with E-state index in [9.17, 15) is 4.79 Å². The normalized spacial score (nSPS) is 12.1. The lowest BCUT2D eigenvalue weighted by atomic mass is 9.99. The van der Waals surface area contributed by atoms with E-state index in [4.69, 9.17) is 4.42 Å². The summed E-state index contributed by atoms with van der Waals surface area (Å²) in [5.41, 5.74) is 1.06. The van der Waals surface area contributed by atoms with Gasteiger partial charge in [0.15, 0.2) is 0 Å². The Balaban J connectivity index is 2.09. The standard InChI is InChI=1S/C18H23NO2/c1-3-4-12-19(14-17-11-8-13-21-17)18(20)15(2)16-9-6-5-7-10-16/h5-11,13,15H,3-4,12,14H2,1-2H3. The van der Waals surface area contributed by atoms with Crippen molar-refractivity contribution in [2.24, 2.45) is 0 Å². The lowest BCUT2D eigenvalue weighted by Gasteiger charge is -2.25. The number of amides is 1. The summed E-state index contributed by atoms with van der Waals surface area (Å²) in [6.45, 7) is 5.42. The zero-order chi connectivity index (χ0) is 15.1. The molecule has 0 spiro atoms.